The summed E-state index contributed by atoms with van der Waals surface area (Å²) in [5.41, 5.74) is -1.17. The minimum absolute atomic E-state index is 0.120. The van der Waals surface area contributed by atoms with E-state index in [0.717, 1.165) is 0 Å². The van der Waals surface area contributed by atoms with Gasteiger partial charge in [-0.3, -0.25) is 4.79 Å². The Kier molecular flexibility index (Phi) is 3.47. The molecule has 5 nitrogen and oxygen atoms in total. The third kappa shape index (κ3) is 2.05. The molecule has 0 aliphatic carbocycles. The Bertz CT molecular complexity index is 217. The second-order valence-corrected chi connectivity index (χ2v) is 3.66. The van der Waals surface area contributed by atoms with Crippen LogP contribution in [0.5, 0.6) is 0 Å². The average Bonchev–Trinajstić information content (AvgIpc) is 2.42. The van der Waals surface area contributed by atoms with Crippen LogP contribution in [-0.2, 0) is 14.3 Å². The van der Waals surface area contributed by atoms with Crippen molar-refractivity contribution in [2.75, 3.05) is 13.7 Å². The minimum Gasteiger partial charge on any atom is -0.469 e. The summed E-state index contributed by atoms with van der Waals surface area (Å²) in [7, 11) is 1.26. The molecule has 1 aliphatic heterocycles. The van der Waals surface area contributed by atoms with Crippen molar-refractivity contribution in [2.45, 2.75) is 37.6 Å². The molecule has 1 saturated heterocycles. The largest absolute Gasteiger partial charge is 0.469 e. The molecular formula is C9H16O5. The van der Waals surface area contributed by atoms with Crippen LogP contribution in [0.1, 0.15) is 19.8 Å². The third-order valence-corrected chi connectivity index (χ3v) is 2.54. The molecule has 0 aromatic heterocycles. The van der Waals surface area contributed by atoms with Gasteiger partial charge in [0.25, 0.3) is 0 Å². The highest BCUT2D eigenvalue weighted by molar-refractivity contribution is 5.70. The number of carbonyl (C=O) groups excluding carboxylic acids is 1. The fourth-order valence-corrected chi connectivity index (χ4v) is 1.73. The van der Waals surface area contributed by atoms with E-state index in [4.69, 9.17) is 9.84 Å². The number of aliphatic hydroxyl groups excluding tert-OH is 2. The summed E-state index contributed by atoms with van der Waals surface area (Å²) in [6.45, 7) is 1.41. The monoisotopic (exact) mass is 204 g/mol. The van der Waals surface area contributed by atoms with Crippen molar-refractivity contribution in [1.82, 2.24) is 0 Å². The first kappa shape index (κ1) is 11.4. The number of rotatable bonds is 3. The van der Waals surface area contributed by atoms with Crippen LogP contribution in [0.15, 0.2) is 0 Å². The van der Waals surface area contributed by atoms with Crippen molar-refractivity contribution in [3.63, 3.8) is 0 Å². The van der Waals surface area contributed by atoms with E-state index in [-0.39, 0.29) is 19.1 Å². The maximum absolute atomic E-state index is 11.1. The fraction of sp³-hybridized carbons (Fsp3) is 0.889. The first-order valence-corrected chi connectivity index (χ1v) is 4.57. The van der Waals surface area contributed by atoms with Gasteiger partial charge in [-0.05, 0) is 6.92 Å². The van der Waals surface area contributed by atoms with Gasteiger partial charge in [-0.1, -0.05) is 0 Å². The molecule has 82 valence electrons. The van der Waals surface area contributed by atoms with Crippen molar-refractivity contribution in [3.05, 3.63) is 0 Å². The normalized spacial score (nSPS) is 37.1. The molecule has 0 radical (unpaired) electrons. The number of aliphatic hydroxyl groups is 2. The van der Waals surface area contributed by atoms with E-state index in [1.165, 1.54) is 7.11 Å². The van der Waals surface area contributed by atoms with Crippen LogP contribution in [0.25, 0.3) is 0 Å². The van der Waals surface area contributed by atoms with Crippen LogP contribution in [0.3, 0.4) is 0 Å². The Hall–Kier alpha value is -0.650. The molecule has 0 unspecified atom stereocenters. The number of hydrogen-bond acceptors (Lipinski definition) is 5. The molecule has 5 heteroatoms. The topological polar surface area (TPSA) is 76.0 Å². The van der Waals surface area contributed by atoms with E-state index in [9.17, 15) is 9.90 Å². The highest BCUT2D eigenvalue weighted by Crippen LogP contribution is 2.33. The van der Waals surface area contributed by atoms with E-state index in [0.29, 0.717) is 6.42 Å². The molecule has 0 bridgehead atoms. The summed E-state index contributed by atoms with van der Waals surface area (Å²) >= 11 is 0. The van der Waals surface area contributed by atoms with Gasteiger partial charge in [-0.2, -0.15) is 0 Å². The standard InChI is InChI=1S/C9H16O5/c1-6-3-7(11)9(5-10,14-6)4-8(12)13-2/h6-7,10-11H,3-5H2,1-2H3/t6-,7+,9+/m0/s1. The Morgan fingerprint density at radius 2 is 2.36 bits per heavy atom. The zero-order chi connectivity index (χ0) is 10.8. The maximum Gasteiger partial charge on any atom is 0.308 e. The van der Waals surface area contributed by atoms with Crippen molar-refractivity contribution in [1.29, 1.82) is 0 Å². The van der Waals surface area contributed by atoms with Crippen LogP contribution in [0, 0.1) is 0 Å². The molecule has 3 atom stereocenters. The predicted molar refractivity (Wildman–Crippen MR) is 47.6 cm³/mol. The van der Waals surface area contributed by atoms with Gasteiger partial charge in [0, 0.05) is 6.42 Å². The number of hydrogen-bond donors (Lipinski definition) is 2. The van der Waals surface area contributed by atoms with Crippen molar-refractivity contribution >= 4 is 5.97 Å². The van der Waals surface area contributed by atoms with Gasteiger partial charge in [0.15, 0.2) is 0 Å². The number of methoxy groups -OCH3 is 1. The second-order valence-electron chi connectivity index (χ2n) is 3.66. The summed E-state index contributed by atoms with van der Waals surface area (Å²) in [5.74, 6) is -0.493. The number of esters is 1. The van der Waals surface area contributed by atoms with Gasteiger partial charge in [0.1, 0.15) is 5.60 Å². The molecule has 14 heavy (non-hydrogen) atoms. The minimum atomic E-state index is -1.17. The lowest BCUT2D eigenvalue weighted by Crippen LogP contribution is -2.45. The van der Waals surface area contributed by atoms with Gasteiger partial charge in [0.05, 0.1) is 32.3 Å². The van der Waals surface area contributed by atoms with Gasteiger partial charge >= 0.3 is 5.97 Å². The number of ether oxygens (including phenoxy) is 2. The molecule has 0 amide bonds. The second kappa shape index (κ2) is 4.25. The Morgan fingerprint density at radius 3 is 2.71 bits per heavy atom. The van der Waals surface area contributed by atoms with E-state index in [2.05, 4.69) is 4.74 Å². The SMILES string of the molecule is COC(=O)C[C@]1(CO)O[C@@H](C)C[C@H]1O. The van der Waals surface area contributed by atoms with Gasteiger partial charge < -0.3 is 19.7 Å². The summed E-state index contributed by atoms with van der Waals surface area (Å²) in [5, 5.41) is 18.8. The summed E-state index contributed by atoms with van der Waals surface area (Å²) < 4.78 is 9.86. The summed E-state index contributed by atoms with van der Waals surface area (Å²) in [6, 6.07) is 0. The molecule has 0 aromatic carbocycles. The first-order chi connectivity index (χ1) is 6.54. The zero-order valence-electron chi connectivity index (χ0n) is 8.40. The van der Waals surface area contributed by atoms with Crippen molar-refractivity contribution in [3.8, 4) is 0 Å². The van der Waals surface area contributed by atoms with E-state index < -0.39 is 17.7 Å². The smallest absolute Gasteiger partial charge is 0.308 e. The van der Waals surface area contributed by atoms with Crippen molar-refractivity contribution in [2.24, 2.45) is 0 Å². The van der Waals surface area contributed by atoms with Crippen LogP contribution in [-0.4, -0.2) is 47.7 Å². The molecule has 1 aliphatic rings. The van der Waals surface area contributed by atoms with Gasteiger partial charge in [0.2, 0.25) is 0 Å². The Morgan fingerprint density at radius 1 is 1.71 bits per heavy atom. The molecule has 0 aromatic rings. The third-order valence-electron chi connectivity index (χ3n) is 2.54. The molecule has 0 saturated carbocycles. The molecule has 1 heterocycles. The Labute approximate surface area is 82.6 Å². The lowest BCUT2D eigenvalue weighted by atomic mass is 9.93. The fourth-order valence-electron chi connectivity index (χ4n) is 1.73. The highest BCUT2D eigenvalue weighted by Gasteiger charge is 2.48. The van der Waals surface area contributed by atoms with Gasteiger partial charge in [-0.15, -0.1) is 0 Å². The highest BCUT2D eigenvalue weighted by atomic mass is 16.6. The van der Waals surface area contributed by atoms with Crippen LogP contribution >= 0.6 is 0 Å². The average molecular weight is 204 g/mol. The lowest BCUT2D eigenvalue weighted by Gasteiger charge is -2.28. The van der Waals surface area contributed by atoms with Crippen LogP contribution in [0.4, 0.5) is 0 Å². The first-order valence-electron chi connectivity index (χ1n) is 4.57. The lowest BCUT2D eigenvalue weighted by molar-refractivity contribution is -0.158. The van der Waals surface area contributed by atoms with Crippen LogP contribution < -0.4 is 0 Å². The quantitative estimate of drug-likeness (QED) is 0.603. The molecule has 1 fully saturated rings. The predicted octanol–water partition coefficient (Wildman–Crippen LogP) is -0.550. The molecule has 1 rings (SSSR count). The van der Waals surface area contributed by atoms with E-state index in [1.54, 1.807) is 6.92 Å². The summed E-state index contributed by atoms with van der Waals surface area (Å²) in [6.07, 6.45) is -0.660. The summed E-state index contributed by atoms with van der Waals surface area (Å²) in [4.78, 5) is 11.1. The number of carbonyl (C=O) groups is 1. The zero-order valence-corrected chi connectivity index (χ0v) is 8.40. The van der Waals surface area contributed by atoms with Crippen LogP contribution in [0.2, 0.25) is 0 Å². The van der Waals surface area contributed by atoms with E-state index in [1.807, 2.05) is 0 Å². The van der Waals surface area contributed by atoms with E-state index >= 15 is 0 Å². The molecule has 0 spiro atoms. The maximum atomic E-state index is 11.1. The molecular weight excluding hydrogens is 188 g/mol. The van der Waals surface area contributed by atoms with Gasteiger partial charge in [-0.25, -0.2) is 0 Å². The van der Waals surface area contributed by atoms with Crippen molar-refractivity contribution < 1.29 is 24.5 Å². The Balaban J connectivity index is 2.71. The molecule has 2 N–H and O–H groups in total.